The van der Waals surface area contributed by atoms with Crippen LogP contribution in [0.2, 0.25) is 0 Å². The maximum Gasteiger partial charge on any atom is 0.239 e. The van der Waals surface area contributed by atoms with E-state index in [4.69, 9.17) is 10.2 Å². The van der Waals surface area contributed by atoms with Gasteiger partial charge in [-0.15, -0.1) is 12.4 Å². The van der Waals surface area contributed by atoms with Gasteiger partial charge < -0.3 is 20.0 Å². The molecular formula is C12H22ClN3O2. The first-order valence-electron chi connectivity index (χ1n) is 5.72. The van der Waals surface area contributed by atoms with Crippen molar-refractivity contribution in [2.24, 2.45) is 5.73 Å². The summed E-state index contributed by atoms with van der Waals surface area (Å²) in [4.78, 5) is 15.7. The van der Waals surface area contributed by atoms with E-state index >= 15 is 0 Å². The Kier molecular flexibility index (Phi) is 7.66. The van der Waals surface area contributed by atoms with Crippen molar-refractivity contribution in [1.82, 2.24) is 9.80 Å². The van der Waals surface area contributed by atoms with Crippen molar-refractivity contribution in [1.29, 1.82) is 0 Å². The summed E-state index contributed by atoms with van der Waals surface area (Å²) in [6.07, 6.45) is 1.61. The van der Waals surface area contributed by atoms with Gasteiger partial charge >= 0.3 is 0 Å². The summed E-state index contributed by atoms with van der Waals surface area (Å²) in [5.41, 5.74) is 5.64. The van der Waals surface area contributed by atoms with Crippen LogP contribution >= 0.6 is 12.4 Å². The molecule has 18 heavy (non-hydrogen) atoms. The first kappa shape index (κ1) is 17.0. The summed E-state index contributed by atoms with van der Waals surface area (Å²) >= 11 is 0. The van der Waals surface area contributed by atoms with Crippen LogP contribution in [0.3, 0.4) is 0 Å². The average molecular weight is 276 g/mol. The van der Waals surface area contributed by atoms with E-state index in [-0.39, 0.29) is 18.3 Å². The predicted octanol–water partition coefficient (Wildman–Crippen LogP) is 0.939. The minimum atomic E-state index is -0.480. The summed E-state index contributed by atoms with van der Waals surface area (Å²) in [5, 5.41) is 0. The number of carbonyl (C=O) groups is 1. The number of carbonyl (C=O) groups excluding carboxylic acids is 1. The van der Waals surface area contributed by atoms with Crippen molar-refractivity contribution in [2.45, 2.75) is 19.5 Å². The molecule has 1 atom stereocenters. The molecule has 0 aromatic carbocycles. The lowest BCUT2D eigenvalue weighted by molar-refractivity contribution is -0.133. The highest BCUT2D eigenvalue weighted by Crippen LogP contribution is 2.06. The van der Waals surface area contributed by atoms with Crippen molar-refractivity contribution in [3.05, 3.63) is 24.2 Å². The van der Waals surface area contributed by atoms with Gasteiger partial charge in [-0.2, -0.15) is 0 Å². The molecule has 1 aromatic heterocycles. The largest absolute Gasteiger partial charge is 0.467 e. The van der Waals surface area contributed by atoms with Gasteiger partial charge in [0, 0.05) is 13.1 Å². The van der Waals surface area contributed by atoms with Crippen LogP contribution in [0, 0.1) is 0 Å². The molecule has 2 N–H and O–H groups in total. The van der Waals surface area contributed by atoms with Gasteiger partial charge in [0.2, 0.25) is 5.91 Å². The molecule has 0 spiro atoms. The maximum atomic E-state index is 11.9. The van der Waals surface area contributed by atoms with E-state index in [1.165, 1.54) is 0 Å². The third-order valence-corrected chi connectivity index (χ3v) is 2.45. The number of furan rings is 1. The van der Waals surface area contributed by atoms with Crippen LogP contribution in [-0.4, -0.2) is 48.9 Å². The standard InChI is InChI=1S/C12H21N3O2.ClH/c1-10(13)12(16)15(7-6-14(2)3)9-11-5-4-8-17-11;/h4-5,8,10H,6-7,9,13H2,1-3H3;1H. The number of amides is 1. The molecule has 1 rings (SSSR count). The summed E-state index contributed by atoms with van der Waals surface area (Å²) in [5.74, 6) is 0.723. The summed E-state index contributed by atoms with van der Waals surface area (Å²) in [6.45, 7) is 3.63. The van der Waals surface area contributed by atoms with Gasteiger partial charge in [0.05, 0.1) is 18.8 Å². The lowest BCUT2D eigenvalue weighted by atomic mass is 10.3. The zero-order valence-electron chi connectivity index (χ0n) is 11.1. The molecule has 6 heteroatoms. The molecule has 104 valence electrons. The van der Waals surface area contributed by atoms with Crippen molar-refractivity contribution < 1.29 is 9.21 Å². The molecule has 0 aliphatic rings. The van der Waals surface area contributed by atoms with Crippen LogP contribution in [0.5, 0.6) is 0 Å². The Labute approximate surface area is 114 Å². The van der Waals surface area contributed by atoms with Crippen LogP contribution in [0.25, 0.3) is 0 Å². The molecule has 1 heterocycles. The number of nitrogens with zero attached hydrogens (tertiary/aromatic N) is 2. The van der Waals surface area contributed by atoms with E-state index < -0.39 is 6.04 Å². The monoisotopic (exact) mass is 275 g/mol. The van der Waals surface area contributed by atoms with Crippen molar-refractivity contribution in [3.8, 4) is 0 Å². The van der Waals surface area contributed by atoms with Crippen molar-refractivity contribution >= 4 is 18.3 Å². The second-order valence-electron chi connectivity index (χ2n) is 4.43. The topological polar surface area (TPSA) is 62.7 Å². The summed E-state index contributed by atoms with van der Waals surface area (Å²) in [6, 6.07) is 3.19. The number of rotatable bonds is 6. The number of nitrogens with two attached hydrogens (primary N) is 1. The number of hydrogen-bond acceptors (Lipinski definition) is 4. The third-order valence-electron chi connectivity index (χ3n) is 2.45. The van der Waals surface area contributed by atoms with Gasteiger partial charge in [0.1, 0.15) is 5.76 Å². The molecule has 0 saturated heterocycles. The van der Waals surface area contributed by atoms with E-state index in [0.29, 0.717) is 13.1 Å². The Morgan fingerprint density at radius 3 is 2.56 bits per heavy atom. The normalized spacial score (nSPS) is 12.1. The second kappa shape index (κ2) is 8.13. The minimum Gasteiger partial charge on any atom is -0.467 e. The number of hydrogen-bond donors (Lipinski definition) is 1. The zero-order valence-corrected chi connectivity index (χ0v) is 11.9. The fraction of sp³-hybridized carbons (Fsp3) is 0.583. The Morgan fingerprint density at radius 1 is 1.44 bits per heavy atom. The highest BCUT2D eigenvalue weighted by Gasteiger charge is 2.18. The molecule has 0 fully saturated rings. The van der Waals surface area contributed by atoms with Crippen molar-refractivity contribution in [2.75, 3.05) is 27.2 Å². The van der Waals surface area contributed by atoms with Gasteiger partial charge in [0.25, 0.3) is 0 Å². The molecule has 0 radical (unpaired) electrons. The quantitative estimate of drug-likeness (QED) is 0.839. The molecule has 5 nitrogen and oxygen atoms in total. The van der Waals surface area contributed by atoms with Crippen LogP contribution in [0.15, 0.2) is 22.8 Å². The smallest absolute Gasteiger partial charge is 0.239 e. The molecule has 1 unspecified atom stereocenters. The molecule has 0 aliphatic heterocycles. The summed E-state index contributed by atoms with van der Waals surface area (Å²) < 4.78 is 5.25. The van der Waals surface area contributed by atoms with Crippen LogP contribution in [-0.2, 0) is 11.3 Å². The second-order valence-corrected chi connectivity index (χ2v) is 4.43. The van der Waals surface area contributed by atoms with Crippen molar-refractivity contribution in [3.63, 3.8) is 0 Å². The molecule has 1 aromatic rings. The van der Waals surface area contributed by atoms with Gasteiger partial charge in [-0.1, -0.05) is 0 Å². The highest BCUT2D eigenvalue weighted by molar-refractivity contribution is 5.85. The van der Waals surface area contributed by atoms with Crippen LogP contribution < -0.4 is 5.73 Å². The van der Waals surface area contributed by atoms with E-state index in [0.717, 1.165) is 12.3 Å². The number of likely N-dealkylation sites (N-methyl/N-ethyl adjacent to an activating group) is 1. The lowest BCUT2D eigenvalue weighted by Crippen LogP contribution is -2.44. The zero-order chi connectivity index (χ0) is 12.8. The van der Waals surface area contributed by atoms with Crippen LogP contribution in [0.1, 0.15) is 12.7 Å². The van der Waals surface area contributed by atoms with Gasteiger partial charge in [-0.25, -0.2) is 0 Å². The fourth-order valence-electron chi connectivity index (χ4n) is 1.47. The molecule has 0 aliphatic carbocycles. The molecule has 1 amide bonds. The Morgan fingerprint density at radius 2 is 2.11 bits per heavy atom. The third kappa shape index (κ3) is 5.53. The van der Waals surface area contributed by atoms with E-state index in [2.05, 4.69) is 0 Å². The molecule has 0 saturated carbocycles. The van der Waals surface area contributed by atoms with Gasteiger partial charge in [-0.05, 0) is 33.2 Å². The predicted molar refractivity (Wildman–Crippen MR) is 73.6 cm³/mol. The Hall–Kier alpha value is -1.04. The molecule has 0 bridgehead atoms. The fourth-order valence-corrected chi connectivity index (χ4v) is 1.47. The highest BCUT2D eigenvalue weighted by atomic mass is 35.5. The number of halogens is 1. The summed E-state index contributed by atoms with van der Waals surface area (Å²) in [7, 11) is 3.95. The Balaban J connectivity index is 0.00000289. The van der Waals surface area contributed by atoms with E-state index in [9.17, 15) is 4.79 Å². The average Bonchev–Trinajstić information content (AvgIpc) is 2.75. The first-order valence-corrected chi connectivity index (χ1v) is 5.72. The van der Waals surface area contributed by atoms with E-state index in [1.807, 2.05) is 31.1 Å². The van der Waals surface area contributed by atoms with E-state index in [1.54, 1.807) is 18.1 Å². The Bertz CT molecular complexity index is 339. The maximum absolute atomic E-state index is 11.9. The molecular weight excluding hydrogens is 254 g/mol. The van der Waals surface area contributed by atoms with Crippen LogP contribution in [0.4, 0.5) is 0 Å². The van der Waals surface area contributed by atoms with Gasteiger partial charge in [0.15, 0.2) is 0 Å². The lowest BCUT2D eigenvalue weighted by Gasteiger charge is -2.25. The minimum absolute atomic E-state index is 0. The van der Waals surface area contributed by atoms with Gasteiger partial charge in [-0.3, -0.25) is 4.79 Å². The first-order chi connectivity index (χ1) is 8.00. The SMILES string of the molecule is CC(N)C(=O)N(CCN(C)C)Cc1ccco1.Cl.